The Balaban J connectivity index is 2.00. The van der Waals surface area contributed by atoms with Crippen LogP contribution in [0.4, 0.5) is 0 Å². The van der Waals surface area contributed by atoms with Crippen LogP contribution in [-0.2, 0) is 11.3 Å². The maximum Gasteiger partial charge on any atom is 0.255 e. The predicted octanol–water partition coefficient (Wildman–Crippen LogP) is 2.14. The molecule has 0 unspecified atom stereocenters. The van der Waals surface area contributed by atoms with E-state index in [0.717, 1.165) is 12.1 Å². The fourth-order valence-corrected chi connectivity index (χ4v) is 2.19. The van der Waals surface area contributed by atoms with Crippen LogP contribution in [0.25, 0.3) is 0 Å². The Kier molecular flexibility index (Phi) is 5.49. The molecule has 0 fully saturated rings. The number of carbonyl (C=O) groups is 1. The van der Waals surface area contributed by atoms with Crippen LogP contribution in [0.3, 0.4) is 0 Å². The van der Waals surface area contributed by atoms with Crippen molar-refractivity contribution in [2.75, 3.05) is 13.7 Å². The Labute approximate surface area is 130 Å². The van der Waals surface area contributed by atoms with E-state index in [1.807, 2.05) is 36.5 Å². The van der Waals surface area contributed by atoms with Crippen LogP contribution >= 0.6 is 0 Å². The maximum atomic E-state index is 10.8. The third kappa shape index (κ3) is 4.56. The highest BCUT2D eigenvalue weighted by molar-refractivity contribution is 5.75. The van der Waals surface area contributed by atoms with E-state index in [-0.39, 0.29) is 12.6 Å². The second kappa shape index (κ2) is 7.56. The van der Waals surface area contributed by atoms with Gasteiger partial charge in [0.15, 0.2) is 6.61 Å². The summed E-state index contributed by atoms with van der Waals surface area (Å²) >= 11 is 0. The molecule has 0 radical (unpaired) electrons. The highest BCUT2D eigenvalue weighted by Crippen LogP contribution is 2.21. The van der Waals surface area contributed by atoms with Crippen LogP contribution in [0.1, 0.15) is 24.1 Å². The Morgan fingerprint density at radius 3 is 2.86 bits per heavy atom. The molecular weight excluding hydrogens is 278 g/mol. The molecule has 5 nitrogen and oxygen atoms in total. The molecule has 2 aromatic rings. The Bertz CT molecular complexity index is 616. The molecule has 1 atom stereocenters. The van der Waals surface area contributed by atoms with Gasteiger partial charge in [-0.15, -0.1) is 0 Å². The number of aromatic nitrogens is 1. The first kappa shape index (κ1) is 16.0. The zero-order valence-electron chi connectivity index (χ0n) is 12.9. The van der Waals surface area contributed by atoms with E-state index in [2.05, 4.69) is 29.9 Å². The van der Waals surface area contributed by atoms with Crippen molar-refractivity contribution in [3.05, 3.63) is 59.9 Å². The molecule has 116 valence electrons. The lowest BCUT2D eigenvalue weighted by Crippen LogP contribution is -2.22. The summed E-state index contributed by atoms with van der Waals surface area (Å²) in [7, 11) is 2.06. The Morgan fingerprint density at radius 1 is 1.36 bits per heavy atom. The molecule has 0 bridgehead atoms. The minimum atomic E-state index is -0.479. The Hall–Kier alpha value is -2.40. The van der Waals surface area contributed by atoms with E-state index in [9.17, 15) is 4.79 Å². The van der Waals surface area contributed by atoms with Gasteiger partial charge in [0, 0.05) is 25.0 Å². The number of nitrogens with zero attached hydrogens (tertiary/aromatic N) is 2. The molecule has 22 heavy (non-hydrogen) atoms. The molecular formula is C17H21N3O2. The quantitative estimate of drug-likeness (QED) is 0.850. The highest BCUT2D eigenvalue weighted by Gasteiger charge is 2.12. The fourth-order valence-electron chi connectivity index (χ4n) is 2.19. The lowest BCUT2D eigenvalue weighted by Gasteiger charge is -2.25. The van der Waals surface area contributed by atoms with Gasteiger partial charge >= 0.3 is 0 Å². The van der Waals surface area contributed by atoms with Gasteiger partial charge in [-0.25, -0.2) is 0 Å². The third-order valence-electron chi connectivity index (χ3n) is 3.54. The van der Waals surface area contributed by atoms with E-state index >= 15 is 0 Å². The van der Waals surface area contributed by atoms with Crippen LogP contribution in [0.2, 0.25) is 0 Å². The van der Waals surface area contributed by atoms with E-state index < -0.39 is 5.91 Å². The minimum absolute atomic E-state index is 0.106. The van der Waals surface area contributed by atoms with Gasteiger partial charge in [0.2, 0.25) is 0 Å². The molecule has 0 aliphatic rings. The van der Waals surface area contributed by atoms with Crippen molar-refractivity contribution < 1.29 is 9.53 Å². The van der Waals surface area contributed by atoms with Gasteiger partial charge in [-0.2, -0.15) is 0 Å². The topological polar surface area (TPSA) is 68.5 Å². The lowest BCUT2D eigenvalue weighted by molar-refractivity contribution is -0.119. The van der Waals surface area contributed by atoms with Gasteiger partial charge in [-0.05, 0) is 43.3 Å². The number of benzene rings is 1. The second-order valence-electron chi connectivity index (χ2n) is 5.28. The summed E-state index contributed by atoms with van der Waals surface area (Å²) in [4.78, 5) is 17.2. The molecule has 0 saturated carbocycles. The summed E-state index contributed by atoms with van der Waals surface area (Å²) in [6.45, 7) is 2.81. The monoisotopic (exact) mass is 299 g/mol. The van der Waals surface area contributed by atoms with Crippen molar-refractivity contribution in [1.29, 1.82) is 0 Å². The molecule has 2 rings (SSSR count). The molecule has 0 aliphatic carbocycles. The number of hydrogen-bond acceptors (Lipinski definition) is 4. The molecule has 1 aromatic heterocycles. The standard InChI is InChI=1S/C17H21N3O2/c1-13(15-6-4-8-19-10-15)20(2)11-14-5-3-7-16(9-14)22-12-17(18)21/h3-10,13H,11-12H2,1-2H3,(H2,18,21)/t13-/m1/s1. The smallest absolute Gasteiger partial charge is 0.255 e. The Morgan fingerprint density at radius 2 is 2.18 bits per heavy atom. The van der Waals surface area contributed by atoms with E-state index in [1.54, 1.807) is 6.20 Å². The van der Waals surface area contributed by atoms with E-state index in [0.29, 0.717) is 5.75 Å². The predicted molar refractivity (Wildman–Crippen MR) is 85.3 cm³/mol. The number of amides is 1. The van der Waals surface area contributed by atoms with Gasteiger partial charge < -0.3 is 10.5 Å². The number of hydrogen-bond donors (Lipinski definition) is 1. The molecule has 1 amide bonds. The van der Waals surface area contributed by atoms with Gasteiger partial charge in [0.25, 0.3) is 5.91 Å². The normalized spacial score (nSPS) is 12.1. The van der Waals surface area contributed by atoms with Gasteiger partial charge in [0.05, 0.1) is 0 Å². The van der Waals surface area contributed by atoms with Crippen molar-refractivity contribution in [2.45, 2.75) is 19.5 Å². The molecule has 0 spiro atoms. The first-order valence-corrected chi connectivity index (χ1v) is 7.16. The van der Waals surface area contributed by atoms with E-state index in [4.69, 9.17) is 10.5 Å². The number of primary amides is 1. The third-order valence-corrected chi connectivity index (χ3v) is 3.54. The zero-order valence-corrected chi connectivity index (χ0v) is 12.9. The average molecular weight is 299 g/mol. The average Bonchev–Trinajstić information content (AvgIpc) is 2.53. The number of pyridine rings is 1. The fraction of sp³-hybridized carbons (Fsp3) is 0.294. The minimum Gasteiger partial charge on any atom is -0.484 e. The second-order valence-corrected chi connectivity index (χ2v) is 5.28. The molecule has 0 aliphatic heterocycles. The largest absolute Gasteiger partial charge is 0.484 e. The van der Waals surface area contributed by atoms with E-state index in [1.165, 1.54) is 5.56 Å². The summed E-state index contributed by atoms with van der Waals surface area (Å²) in [6.07, 6.45) is 3.66. The SMILES string of the molecule is C[C@H](c1cccnc1)N(C)Cc1cccc(OCC(N)=O)c1. The zero-order chi connectivity index (χ0) is 15.9. The van der Waals surface area contributed by atoms with Crippen molar-refractivity contribution in [3.8, 4) is 5.75 Å². The van der Waals surface area contributed by atoms with Gasteiger partial charge in [0.1, 0.15) is 5.75 Å². The van der Waals surface area contributed by atoms with Crippen LogP contribution < -0.4 is 10.5 Å². The van der Waals surface area contributed by atoms with Gasteiger partial charge in [-0.3, -0.25) is 14.7 Å². The molecule has 1 heterocycles. The molecule has 2 N–H and O–H groups in total. The summed E-state index contributed by atoms with van der Waals surface area (Å²) in [5.41, 5.74) is 7.37. The summed E-state index contributed by atoms with van der Waals surface area (Å²) in [5, 5.41) is 0. The first-order valence-electron chi connectivity index (χ1n) is 7.16. The summed E-state index contributed by atoms with van der Waals surface area (Å²) in [6, 6.07) is 12.0. The summed E-state index contributed by atoms with van der Waals surface area (Å²) in [5.74, 6) is 0.173. The van der Waals surface area contributed by atoms with Crippen molar-refractivity contribution in [2.24, 2.45) is 5.73 Å². The van der Waals surface area contributed by atoms with Crippen molar-refractivity contribution in [3.63, 3.8) is 0 Å². The number of nitrogens with two attached hydrogens (primary N) is 1. The number of rotatable bonds is 7. The first-order chi connectivity index (χ1) is 10.6. The maximum absolute atomic E-state index is 10.8. The van der Waals surface area contributed by atoms with Crippen LogP contribution in [0, 0.1) is 0 Å². The van der Waals surface area contributed by atoms with Gasteiger partial charge in [-0.1, -0.05) is 18.2 Å². The number of carbonyl (C=O) groups excluding carboxylic acids is 1. The van der Waals surface area contributed by atoms with Crippen molar-refractivity contribution in [1.82, 2.24) is 9.88 Å². The van der Waals surface area contributed by atoms with Crippen LogP contribution in [0.5, 0.6) is 5.75 Å². The van der Waals surface area contributed by atoms with Crippen molar-refractivity contribution >= 4 is 5.91 Å². The highest BCUT2D eigenvalue weighted by atomic mass is 16.5. The molecule has 0 saturated heterocycles. The van der Waals surface area contributed by atoms with Crippen LogP contribution in [-0.4, -0.2) is 29.4 Å². The molecule has 1 aromatic carbocycles. The summed E-state index contributed by atoms with van der Waals surface area (Å²) < 4.78 is 5.33. The van der Waals surface area contributed by atoms with Crippen LogP contribution in [0.15, 0.2) is 48.8 Å². The molecule has 5 heteroatoms. The lowest BCUT2D eigenvalue weighted by atomic mass is 10.1. The number of ether oxygens (including phenoxy) is 1.